The van der Waals surface area contributed by atoms with Gasteiger partial charge in [0.1, 0.15) is 11.2 Å². The maximum absolute atomic E-state index is 15.1. The van der Waals surface area contributed by atoms with E-state index in [2.05, 4.69) is 16.8 Å². The molecule has 0 spiro atoms. The van der Waals surface area contributed by atoms with E-state index >= 15 is 4.39 Å². The van der Waals surface area contributed by atoms with Gasteiger partial charge >= 0.3 is 11.9 Å². The van der Waals surface area contributed by atoms with E-state index in [4.69, 9.17) is 8.85 Å². The van der Waals surface area contributed by atoms with Gasteiger partial charge in [-0.3, -0.25) is 4.57 Å². The van der Waals surface area contributed by atoms with Crippen LogP contribution in [0.4, 0.5) is 29.1 Å². The molecule has 0 amide bonds. The third-order valence-electron chi connectivity index (χ3n) is 5.98. The lowest BCUT2D eigenvalue weighted by Crippen LogP contribution is -2.28. The lowest BCUT2D eigenvalue weighted by molar-refractivity contribution is -0.168. The molecule has 3 aromatic rings. The molecule has 2 aromatic carbocycles. The number of alkyl halides is 3. The summed E-state index contributed by atoms with van der Waals surface area (Å²) in [5.41, 5.74) is -2.05. The molecule has 0 unspecified atom stereocenters. The zero-order valence-corrected chi connectivity index (χ0v) is 17.2. The zero-order valence-electron chi connectivity index (χ0n) is 20.2. The van der Waals surface area contributed by atoms with Crippen LogP contribution in [0.1, 0.15) is 28.1 Å². The van der Waals surface area contributed by atoms with Crippen LogP contribution in [0.3, 0.4) is 0 Å². The number of hydrogen-bond donors (Lipinski definition) is 0. The van der Waals surface area contributed by atoms with E-state index < -0.39 is 30.1 Å². The molecule has 1 aliphatic heterocycles. The van der Waals surface area contributed by atoms with Gasteiger partial charge < -0.3 is 9.64 Å². The number of aryl methyl sites for hydroxylation is 1. The van der Waals surface area contributed by atoms with E-state index in [1.165, 1.54) is 17.0 Å². The van der Waals surface area contributed by atoms with Gasteiger partial charge in [0.05, 0.1) is 24.1 Å². The molecule has 5 rings (SSSR count). The summed E-state index contributed by atoms with van der Waals surface area (Å²) in [6, 6.07) is 8.56. The number of aromatic nitrogens is 2. The standard InChI is InChI=1S/C24H19F4N3O2/c1-30-19-7-3-5-17(25)20(19)21(29-22(30)32)31-12-13-33-14-16-15(4-2-6-18(16)31)8-9-23(10-11-23)24(26,27)28/h2-7H,10-14H2,1H3/i1D3. The van der Waals surface area contributed by atoms with E-state index in [9.17, 15) is 18.0 Å². The van der Waals surface area contributed by atoms with Crippen LogP contribution in [0, 0.1) is 23.1 Å². The van der Waals surface area contributed by atoms with Crippen molar-refractivity contribution < 1.29 is 26.4 Å². The highest BCUT2D eigenvalue weighted by atomic mass is 19.4. The first kappa shape index (κ1) is 18.1. The maximum atomic E-state index is 15.1. The Morgan fingerprint density at radius 3 is 2.73 bits per heavy atom. The molecule has 0 radical (unpaired) electrons. The van der Waals surface area contributed by atoms with Crippen LogP contribution in [-0.4, -0.2) is 28.9 Å². The van der Waals surface area contributed by atoms with Crippen molar-refractivity contribution in [3.63, 3.8) is 0 Å². The molecule has 0 saturated heterocycles. The molecule has 170 valence electrons. The van der Waals surface area contributed by atoms with Gasteiger partial charge in [-0.2, -0.15) is 18.2 Å². The fourth-order valence-corrected chi connectivity index (χ4v) is 3.97. The summed E-state index contributed by atoms with van der Waals surface area (Å²) in [5, 5.41) is -0.174. The normalized spacial score (nSPS) is 18.9. The topological polar surface area (TPSA) is 47.4 Å². The minimum absolute atomic E-state index is 0.0302. The summed E-state index contributed by atoms with van der Waals surface area (Å²) in [5.74, 6) is 4.15. The van der Waals surface area contributed by atoms with Crippen LogP contribution in [-0.2, 0) is 18.3 Å². The first-order valence-corrected chi connectivity index (χ1v) is 10.2. The lowest BCUT2D eigenvalue weighted by Gasteiger charge is -2.25. The lowest BCUT2D eigenvalue weighted by atomic mass is 10.0. The molecule has 2 aliphatic rings. The van der Waals surface area contributed by atoms with Crippen molar-refractivity contribution in [2.75, 3.05) is 18.1 Å². The number of nitrogens with zero attached hydrogens (tertiary/aromatic N) is 3. The largest absolute Gasteiger partial charge is 0.405 e. The number of hydrogen-bond acceptors (Lipinski definition) is 4. The summed E-state index contributed by atoms with van der Waals surface area (Å²) in [6.07, 6.45) is -4.55. The summed E-state index contributed by atoms with van der Waals surface area (Å²) >= 11 is 0. The summed E-state index contributed by atoms with van der Waals surface area (Å²) < 4.78 is 84.5. The predicted octanol–water partition coefficient (Wildman–Crippen LogP) is 4.43. The van der Waals surface area contributed by atoms with Crippen LogP contribution in [0.25, 0.3) is 10.9 Å². The van der Waals surface area contributed by atoms with E-state index in [-0.39, 0.29) is 49.3 Å². The van der Waals surface area contributed by atoms with Crippen LogP contribution >= 0.6 is 0 Å². The summed E-state index contributed by atoms with van der Waals surface area (Å²) in [7, 11) is 0. The van der Waals surface area contributed by atoms with E-state index in [1.54, 1.807) is 18.2 Å². The number of benzene rings is 2. The number of halogens is 4. The van der Waals surface area contributed by atoms with Gasteiger partial charge in [0.15, 0.2) is 5.82 Å². The first-order chi connectivity index (χ1) is 16.9. The third-order valence-corrected chi connectivity index (χ3v) is 5.98. The Morgan fingerprint density at radius 2 is 2.00 bits per heavy atom. The Hall–Kier alpha value is -3.38. The number of fused-ring (bicyclic) bond motifs is 2. The van der Waals surface area contributed by atoms with Gasteiger partial charge in [-0.25, -0.2) is 9.18 Å². The van der Waals surface area contributed by atoms with Crippen LogP contribution < -0.4 is 10.6 Å². The van der Waals surface area contributed by atoms with Crippen molar-refractivity contribution in [1.82, 2.24) is 9.55 Å². The number of anilines is 2. The van der Waals surface area contributed by atoms with E-state index in [0.29, 0.717) is 21.4 Å². The SMILES string of the molecule is [2H]C([2H])([2H])n1c(=O)nc(N2CCOCc3c(C#CC4(C(F)(F)F)CC4)cccc32)c2c(F)cccc21. The van der Waals surface area contributed by atoms with Gasteiger partial charge in [0, 0.05) is 34.4 Å². The summed E-state index contributed by atoms with van der Waals surface area (Å²) in [4.78, 5) is 18.3. The minimum Gasteiger partial charge on any atom is -0.375 e. The first-order valence-electron chi connectivity index (χ1n) is 11.7. The second-order valence-corrected chi connectivity index (χ2v) is 8.02. The van der Waals surface area contributed by atoms with Crippen molar-refractivity contribution >= 4 is 22.4 Å². The molecule has 1 aromatic heterocycles. The van der Waals surface area contributed by atoms with Gasteiger partial charge in [-0.15, -0.1) is 0 Å². The van der Waals surface area contributed by atoms with Crippen LogP contribution in [0.15, 0.2) is 41.2 Å². The fourth-order valence-electron chi connectivity index (χ4n) is 3.97. The second kappa shape index (κ2) is 7.59. The highest BCUT2D eigenvalue weighted by Crippen LogP contribution is 2.57. The number of rotatable bonds is 1. The predicted molar refractivity (Wildman–Crippen MR) is 115 cm³/mol. The van der Waals surface area contributed by atoms with Crippen molar-refractivity contribution in [1.29, 1.82) is 0 Å². The molecule has 2 heterocycles. The van der Waals surface area contributed by atoms with Gasteiger partial charge in [-0.05, 0) is 37.1 Å². The average molecular weight is 460 g/mol. The second-order valence-electron chi connectivity index (χ2n) is 8.02. The fraction of sp³-hybridized carbons (Fsp3) is 0.333. The average Bonchev–Trinajstić information content (AvgIpc) is 3.60. The Kier molecular flexibility index (Phi) is 4.16. The quantitative estimate of drug-likeness (QED) is 0.398. The molecule has 0 bridgehead atoms. The van der Waals surface area contributed by atoms with Gasteiger partial charge in [0.2, 0.25) is 0 Å². The van der Waals surface area contributed by atoms with E-state index in [1.807, 2.05) is 0 Å². The zero-order chi connectivity index (χ0) is 25.9. The molecule has 5 nitrogen and oxygen atoms in total. The maximum Gasteiger partial charge on any atom is 0.405 e. The third kappa shape index (κ3) is 3.55. The Morgan fingerprint density at radius 1 is 1.21 bits per heavy atom. The molecular formula is C24H19F4N3O2. The molecule has 1 saturated carbocycles. The monoisotopic (exact) mass is 460 g/mol. The number of ether oxygens (including phenoxy) is 1. The van der Waals surface area contributed by atoms with Crippen LogP contribution in [0.5, 0.6) is 0 Å². The molecule has 0 atom stereocenters. The minimum atomic E-state index is -4.43. The molecule has 9 heteroatoms. The molecule has 0 N–H and O–H groups in total. The van der Waals surface area contributed by atoms with Gasteiger partial charge in [0.25, 0.3) is 0 Å². The molecule has 1 fully saturated rings. The molecule has 33 heavy (non-hydrogen) atoms. The Labute approximate surface area is 190 Å². The Bertz CT molecular complexity index is 1480. The molecule has 1 aliphatic carbocycles. The highest BCUT2D eigenvalue weighted by molar-refractivity contribution is 5.92. The highest BCUT2D eigenvalue weighted by Gasteiger charge is 2.62. The Balaban J connectivity index is 1.70. The van der Waals surface area contributed by atoms with E-state index in [0.717, 1.165) is 6.07 Å². The van der Waals surface area contributed by atoms with Crippen molar-refractivity contribution in [2.45, 2.75) is 25.6 Å². The van der Waals surface area contributed by atoms with Gasteiger partial charge in [-0.1, -0.05) is 24.0 Å². The van der Waals surface area contributed by atoms with Crippen molar-refractivity contribution in [2.24, 2.45) is 12.4 Å². The smallest absolute Gasteiger partial charge is 0.375 e. The van der Waals surface area contributed by atoms with Crippen molar-refractivity contribution in [3.8, 4) is 11.8 Å². The summed E-state index contributed by atoms with van der Waals surface area (Å²) in [6.45, 7) is -2.60. The molecular weight excluding hydrogens is 438 g/mol. The van der Waals surface area contributed by atoms with Crippen molar-refractivity contribution in [3.05, 3.63) is 63.8 Å². The van der Waals surface area contributed by atoms with Crippen LogP contribution in [0.2, 0.25) is 0 Å².